The van der Waals surface area contributed by atoms with E-state index in [1.54, 1.807) is 11.8 Å². The highest BCUT2D eigenvalue weighted by Crippen LogP contribution is 2.38. The predicted octanol–water partition coefficient (Wildman–Crippen LogP) is 4.16. The molecule has 2 atom stereocenters. The summed E-state index contributed by atoms with van der Waals surface area (Å²) in [5.74, 6) is 1.09. The third-order valence-corrected chi connectivity index (χ3v) is 7.93. The van der Waals surface area contributed by atoms with Gasteiger partial charge in [-0.15, -0.1) is 0 Å². The number of carbonyl (C=O) groups is 1. The van der Waals surface area contributed by atoms with Crippen molar-refractivity contribution in [2.75, 3.05) is 26.7 Å². The summed E-state index contributed by atoms with van der Waals surface area (Å²) in [5.41, 5.74) is 2.64. The van der Waals surface area contributed by atoms with Crippen molar-refractivity contribution in [1.82, 2.24) is 15.5 Å². The number of carbonyl (C=O) groups excluding carboxylic acids is 1. The van der Waals surface area contributed by atoms with Gasteiger partial charge in [0, 0.05) is 26.1 Å². The summed E-state index contributed by atoms with van der Waals surface area (Å²) in [6.45, 7) is 8.67. The van der Waals surface area contributed by atoms with Crippen molar-refractivity contribution < 1.29 is 9.90 Å². The van der Waals surface area contributed by atoms with Gasteiger partial charge in [0.2, 0.25) is 5.91 Å². The van der Waals surface area contributed by atoms with Crippen molar-refractivity contribution in [2.24, 2.45) is 5.92 Å². The van der Waals surface area contributed by atoms with Crippen molar-refractivity contribution in [3.8, 4) is 0 Å². The molecule has 2 unspecified atom stereocenters. The van der Waals surface area contributed by atoms with Gasteiger partial charge in [-0.2, -0.15) is 0 Å². The van der Waals surface area contributed by atoms with Crippen LogP contribution in [-0.4, -0.2) is 54.7 Å². The van der Waals surface area contributed by atoms with Gasteiger partial charge in [0.25, 0.3) is 0 Å². The maximum absolute atomic E-state index is 12.2. The van der Waals surface area contributed by atoms with Crippen LogP contribution < -0.4 is 10.6 Å². The monoisotopic (exact) mass is 443 g/mol. The van der Waals surface area contributed by atoms with E-state index in [0.717, 1.165) is 45.2 Å². The molecule has 2 fully saturated rings. The van der Waals surface area contributed by atoms with Gasteiger partial charge in [-0.05, 0) is 68.2 Å². The number of benzene rings is 1. The first kappa shape index (κ1) is 25.2. The number of amides is 1. The molecule has 32 heavy (non-hydrogen) atoms. The van der Waals surface area contributed by atoms with E-state index in [1.807, 2.05) is 7.05 Å². The average Bonchev–Trinajstić information content (AvgIpc) is 2.82. The molecule has 1 amide bonds. The Morgan fingerprint density at radius 2 is 1.91 bits per heavy atom. The molecular formula is C27H45N3O2. The van der Waals surface area contributed by atoms with Crippen LogP contribution in [0.4, 0.5) is 0 Å². The lowest BCUT2D eigenvalue weighted by Gasteiger charge is -2.42. The van der Waals surface area contributed by atoms with Crippen molar-refractivity contribution in [3.63, 3.8) is 0 Å². The van der Waals surface area contributed by atoms with E-state index in [-0.39, 0.29) is 17.5 Å². The van der Waals surface area contributed by atoms with Gasteiger partial charge in [-0.25, -0.2) is 0 Å². The van der Waals surface area contributed by atoms with Crippen LogP contribution in [0.15, 0.2) is 24.3 Å². The smallest absolute Gasteiger partial charge is 0.219 e. The van der Waals surface area contributed by atoms with Gasteiger partial charge in [0.05, 0.1) is 12.1 Å². The quantitative estimate of drug-likeness (QED) is 0.536. The van der Waals surface area contributed by atoms with E-state index in [9.17, 15) is 9.90 Å². The zero-order chi connectivity index (χ0) is 23.1. The van der Waals surface area contributed by atoms with Crippen molar-refractivity contribution in [3.05, 3.63) is 35.4 Å². The predicted molar refractivity (Wildman–Crippen MR) is 132 cm³/mol. The number of rotatable bonds is 9. The molecule has 1 saturated heterocycles. The van der Waals surface area contributed by atoms with Crippen LogP contribution in [0, 0.1) is 5.92 Å². The number of hydrogen-bond donors (Lipinski definition) is 3. The van der Waals surface area contributed by atoms with Gasteiger partial charge in [-0.3, -0.25) is 4.79 Å². The fourth-order valence-corrected chi connectivity index (χ4v) is 5.62. The van der Waals surface area contributed by atoms with Gasteiger partial charge >= 0.3 is 0 Å². The minimum Gasteiger partial charge on any atom is -0.390 e. The Balaban J connectivity index is 1.75. The molecule has 1 aromatic carbocycles. The average molecular weight is 444 g/mol. The second-order valence-corrected chi connectivity index (χ2v) is 10.5. The summed E-state index contributed by atoms with van der Waals surface area (Å²) >= 11 is 0. The first-order chi connectivity index (χ1) is 15.3. The van der Waals surface area contributed by atoms with Crippen LogP contribution in [0.3, 0.4) is 0 Å². The molecule has 0 radical (unpaired) electrons. The molecule has 2 aliphatic rings. The molecule has 5 heteroatoms. The van der Waals surface area contributed by atoms with Crippen molar-refractivity contribution in [1.29, 1.82) is 0 Å². The summed E-state index contributed by atoms with van der Waals surface area (Å²) < 4.78 is 0. The second-order valence-electron chi connectivity index (χ2n) is 10.5. The molecule has 1 heterocycles. The largest absolute Gasteiger partial charge is 0.390 e. The Morgan fingerprint density at radius 1 is 1.22 bits per heavy atom. The summed E-state index contributed by atoms with van der Waals surface area (Å²) in [7, 11) is 1.85. The zero-order valence-corrected chi connectivity index (χ0v) is 20.7. The molecule has 3 rings (SSSR count). The SMILES string of the molecule is CC(=O)N(C)C(CC1CCNCC1)C(O)CNC1(c2cccc(C(C)C)c2)CCCCC1. The third kappa shape index (κ3) is 6.33. The van der Waals surface area contributed by atoms with Gasteiger partial charge in [-0.1, -0.05) is 57.4 Å². The fourth-order valence-electron chi connectivity index (χ4n) is 5.62. The third-order valence-electron chi connectivity index (χ3n) is 7.93. The Labute approximate surface area is 195 Å². The normalized spacial score (nSPS) is 21.3. The molecule has 5 nitrogen and oxygen atoms in total. The van der Waals surface area contributed by atoms with Crippen LogP contribution in [0.2, 0.25) is 0 Å². The Hall–Kier alpha value is -1.43. The molecule has 1 aliphatic carbocycles. The number of nitrogens with zero attached hydrogens (tertiary/aromatic N) is 1. The van der Waals surface area contributed by atoms with Crippen molar-refractivity contribution in [2.45, 2.75) is 95.7 Å². The van der Waals surface area contributed by atoms with E-state index in [4.69, 9.17) is 0 Å². The van der Waals surface area contributed by atoms with E-state index in [1.165, 1.54) is 30.4 Å². The summed E-state index contributed by atoms with van der Waals surface area (Å²) in [4.78, 5) is 14.0. The maximum Gasteiger partial charge on any atom is 0.219 e. The van der Waals surface area contributed by atoms with Crippen LogP contribution >= 0.6 is 0 Å². The molecule has 0 aromatic heterocycles. The summed E-state index contributed by atoms with van der Waals surface area (Å²) in [5, 5.41) is 18.6. The minimum absolute atomic E-state index is 0.0278. The number of hydrogen-bond acceptors (Lipinski definition) is 4. The maximum atomic E-state index is 12.2. The Kier molecular flexibility index (Phi) is 9.15. The Morgan fingerprint density at radius 3 is 2.53 bits per heavy atom. The lowest BCUT2D eigenvalue weighted by Crippen LogP contribution is -2.53. The van der Waals surface area contributed by atoms with E-state index < -0.39 is 6.10 Å². The summed E-state index contributed by atoms with van der Waals surface area (Å²) in [6, 6.07) is 8.87. The van der Waals surface area contributed by atoms with E-state index in [2.05, 4.69) is 48.7 Å². The highest BCUT2D eigenvalue weighted by Gasteiger charge is 2.36. The van der Waals surface area contributed by atoms with Crippen LogP contribution in [0.25, 0.3) is 0 Å². The molecule has 3 N–H and O–H groups in total. The van der Waals surface area contributed by atoms with E-state index in [0.29, 0.717) is 18.4 Å². The number of aliphatic hydroxyl groups excluding tert-OH is 1. The summed E-state index contributed by atoms with van der Waals surface area (Å²) in [6.07, 6.45) is 8.43. The topological polar surface area (TPSA) is 64.6 Å². The van der Waals surface area contributed by atoms with Crippen LogP contribution in [0.5, 0.6) is 0 Å². The lowest BCUT2D eigenvalue weighted by molar-refractivity contribution is -0.132. The van der Waals surface area contributed by atoms with Crippen molar-refractivity contribution >= 4 is 5.91 Å². The molecule has 0 spiro atoms. The van der Waals surface area contributed by atoms with Crippen LogP contribution in [-0.2, 0) is 10.3 Å². The van der Waals surface area contributed by atoms with Crippen LogP contribution in [0.1, 0.15) is 89.2 Å². The standard InChI is InChI=1S/C27H45N3O2/c1-20(2)23-9-8-10-24(18-23)27(13-6-5-7-14-27)29-19-26(32)25(30(4)21(3)31)17-22-11-15-28-16-12-22/h8-10,18,20,22,25-26,28-29,32H,5-7,11-17,19H2,1-4H3. The van der Waals surface area contributed by atoms with Gasteiger partial charge in [0.1, 0.15) is 0 Å². The lowest BCUT2D eigenvalue weighted by atomic mass is 9.75. The molecule has 0 bridgehead atoms. The van der Waals surface area contributed by atoms with Gasteiger partial charge < -0.3 is 20.6 Å². The highest BCUT2D eigenvalue weighted by molar-refractivity contribution is 5.73. The van der Waals surface area contributed by atoms with Gasteiger partial charge in [0.15, 0.2) is 0 Å². The molecule has 1 saturated carbocycles. The molecular weight excluding hydrogens is 398 g/mol. The first-order valence-corrected chi connectivity index (χ1v) is 12.8. The minimum atomic E-state index is -0.578. The second kappa shape index (κ2) is 11.6. The highest BCUT2D eigenvalue weighted by atomic mass is 16.3. The first-order valence-electron chi connectivity index (χ1n) is 12.8. The number of likely N-dealkylation sites (N-methyl/N-ethyl adjacent to an activating group) is 1. The molecule has 1 aromatic rings. The van der Waals surface area contributed by atoms with E-state index >= 15 is 0 Å². The molecule has 180 valence electrons. The number of nitrogens with one attached hydrogen (secondary N) is 2. The number of piperidine rings is 1. The number of aliphatic hydroxyl groups is 1. The Bertz CT molecular complexity index is 723. The fraction of sp³-hybridized carbons (Fsp3) is 0.741. The molecule has 1 aliphatic heterocycles. The zero-order valence-electron chi connectivity index (χ0n) is 20.7.